The lowest BCUT2D eigenvalue weighted by Gasteiger charge is -1.96. The minimum absolute atomic E-state index is 0.613. The maximum Gasteiger partial charge on any atom is 0.222 e. The lowest BCUT2D eigenvalue weighted by Crippen LogP contribution is -1.99. The highest BCUT2D eigenvalue weighted by atomic mass is 16.3. The van der Waals surface area contributed by atoms with Crippen molar-refractivity contribution >= 4 is 22.7 Å². The van der Waals surface area contributed by atoms with Crippen LogP contribution in [0.5, 0.6) is 0 Å². The number of hydrogen-bond acceptors (Lipinski definition) is 4. The maximum atomic E-state index is 5.24. The number of hydrogen-bond donors (Lipinski definition) is 2. The van der Waals surface area contributed by atoms with Crippen LogP contribution in [0.25, 0.3) is 11.0 Å². The molecule has 2 heterocycles. The molecule has 0 aliphatic carbocycles. The molecule has 18 heavy (non-hydrogen) atoms. The van der Waals surface area contributed by atoms with Gasteiger partial charge in [0.15, 0.2) is 0 Å². The summed E-state index contributed by atoms with van der Waals surface area (Å²) in [4.78, 5) is 7.50. The molecule has 5 heteroatoms. The molecule has 0 saturated carbocycles. The SMILES string of the molecule is C/C(=N/Nc1nc2ccccc2[nH]1)c1ccco1. The fraction of sp³-hybridized carbons (Fsp3) is 0.0769. The van der Waals surface area contributed by atoms with Crippen LogP contribution in [-0.2, 0) is 0 Å². The number of furan rings is 1. The zero-order valence-electron chi connectivity index (χ0n) is 9.84. The number of aromatic amines is 1. The summed E-state index contributed by atoms with van der Waals surface area (Å²) in [6.45, 7) is 1.87. The number of H-pyrrole nitrogens is 1. The fourth-order valence-corrected chi connectivity index (χ4v) is 1.68. The number of fused-ring (bicyclic) bond motifs is 1. The van der Waals surface area contributed by atoms with Gasteiger partial charge in [0.05, 0.1) is 17.3 Å². The Kier molecular flexibility index (Phi) is 2.57. The van der Waals surface area contributed by atoms with E-state index in [0.29, 0.717) is 5.95 Å². The number of imidazole rings is 1. The van der Waals surface area contributed by atoms with Crippen molar-refractivity contribution in [2.45, 2.75) is 6.92 Å². The molecule has 0 unspecified atom stereocenters. The van der Waals surface area contributed by atoms with Crippen LogP contribution in [0.4, 0.5) is 5.95 Å². The van der Waals surface area contributed by atoms with Gasteiger partial charge in [-0.15, -0.1) is 0 Å². The molecule has 0 saturated heterocycles. The minimum Gasteiger partial charge on any atom is -0.463 e. The Morgan fingerprint density at radius 1 is 1.28 bits per heavy atom. The van der Waals surface area contributed by atoms with Gasteiger partial charge in [-0.2, -0.15) is 5.10 Å². The number of benzene rings is 1. The van der Waals surface area contributed by atoms with E-state index >= 15 is 0 Å². The molecule has 3 rings (SSSR count). The van der Waals surface area contributed by atoms with Crippen molar-refractivity contribution in [3.05, 3.63) is 48.4 Å². The van der Waals surface area contributed by atoms with Gasteiger partial charge in [-0.25, -0.2) is 10.4 Å². The van der Waals surface area contributed by atoms with Crippen molar-refractivity contribution < 1.29 is 4.42 Å². The first-order valence-corrected chi connectivity index (χ1v) is 5.62. The Balaban J connectivity index is 1.82. The summed E-state index contributed by atoms with van der Waals surface area (Å²) in [5.41, 5.74) is 5.53. The summed E-state index contributed by atoms with van der Waals surface area (Å²) >= 11 is 0. The Morgan fingerprint density at radius 3 is 2.94 bits per heavy atom. The summed E-state index contributed by atoms with van der Waals surface area (Å²) in [7, 11) is 0. The quantitative estimate of drug-likeness (QED) is 0.546. The summed E-state index contributed by atoms with van der Waals surface area (Å²) in [5, 5.41) is 4.21. The van der Waals surface area contributed by atoms with Gasteiger partial charge in [0.1, 0.15) is 11.5 Å². The highest BCUT2D eigenvalue weighted by Gasteiger charge is 2.02. The van der Waals surface area contributed by atoms with E-state index in [4.69, 9.17) is 4.42 Å². The van der Waals surface area contributed by atoms with E-state index < -0.39 is 0 Å². The highest BCUT2D eigenvalue weighted by molar-refractivity contribution is 5.96. The van der Waals surface area contributed by atoms with Gasteiger partial charge in [0.25, 0.3) is 0 Å². The van der Waals surface area contributed by atoms with E-state index in [1.54, 1.807) is 6.26 Å². The predicted octanol–water partition coefficient (Wildman–Crippen LogP) is 2.99. The molecule has 0 aliphatic heterocycles. The van der Waals surface area contributed by atoms with Crippen LogP contribution in [0.2, 0.25) is 0 Å². The zero-order chi connectivity index (χ0) is 12.4. The molecular weight excluding hydrogens is 228 g/mol. The summed E-state index contributed by atoms with van der Waals surface area (Å²) < 4.78 is 5.24. The summed E-state index contributed by atoms with van der Waals surface area (Å²) in [6, 6.07) is 11.5. The van der Waals surface area contributed by atoms with Crippen LogP contribution in [0.15, 0.2) is 52.2 Å². The van der Waals surface area contributed by atoms with Crippen molar-refractivity contribution in [3.63, 3.8) is 0 Å². The van der Waals surface area contributed by atoms with Gasteiger partial charge in [-0.3, -0.25) is 0 Å². The second kappa shape index (κ2) is 4.37. The van der Waals surface area contributed by atoms with Crippen molar-refractivity contribution in [2.24, 2.45) is 5.10 Å². The van der Waals surface area contributed by atoms with Crippen LogP contribution in [0.3, 0.4) is 0 Å². The molecule has 5 nitrogen and oxygen atoms in total. The van der Waals surface area contributed by atoms with Crippen LogP contribution < -0.4 is 5.43 Å². The van der Waals surface area contributed by atoms with E-state index in [2.05, 4.69) is 20.5 Å². The highest BCUT2D eigenvalue weighted by Crippen LogP contribution is 2.13. The molecule has 1 aromatic carbocycles. The second-order valence-electron chi connectivity index (χ2n) is 3.89. The van der Waals surface area contributed by atoms with E-state index in [-0.39, 0.29) is 0 Å². The summed E-state index contributed by atoms with van der Waals surface area (Å²) in [6.07, 6.45) is 1.62. The zero-order valence-corrected chi connectivity index (χ0v) is 9.84. The summed E-state index contributed by atoms with van der Waals surface area (Å²) in [5.74, 6) is 1.35. The number of anilines is 1. The first kappa shape index (κ1) is 10.6. The van der Waals surface area contributed by atoms with Crippen molar-refractivity contribution in [1.82, 2.24) is 9.97 Å². The molecule has 0 radical (unpaired) electrons. The normalized spacial score (nSPS) is 11.9. The molecule has 0 atom stereocenters. The topological polar surface area (TPSA) is 66.2 Å². The number of aromatic nitrogens is 2. The Morgan fingerprint density at radius 2 is 2.17 bits per heavy atom. The van der Waals surface area contributed by atoms with E-state index in [1.165, 1.54) is 0 Å². The number of hydrazone groups is 1. The van der Waals surface area contributed by atoms with E-state index in [1.807, 2.05) is 43.3 Å². The second-order valence-corrected chi connectivity index (χ2v) is 3.89. The smallest absolute Gasteiger partial charge is 0.222 e. The number of nitrogens with one attached hydrogen (secondary N) is 2. The largest absolute Gasteiger partial charge is 0.463 e. The van der Waals surface area contributed by atoms with Gasteiger partial charge in [0, 0.05) is 0 Å². The van der Waals surface area contributed by atoms with E-state index in [0.717, 1.165) is 22.5 Å². The first-order chi connectivity index (χ1) is 8.83. The standard InChI is InChI=1S/C13H12N4O/c1-9(12-7-4-8-18-12)16-17-13-14-10-5-2-3-6-11(10)15-13/h2-8H,1H3,(H2,14,15,17)/b16-9-. The van der Waals surface area contributed by atoms with Crippen LogP contribution in [0, 0.1) is 0 Å². The third kappa shape index (κ3) is 1.98. The van der Waals surface area contributed by atoms with Gasteiger partial charge < -0.3 is 9.40 Å². The third-order valence-electron chi connectivity index (χ3n) is 2.60. The molecule has 90 valence electrons. The van der Waals surface area contributed by atoms with Gasteiger partial charge in [-0.1, -0.05) is 12.1 Å². The predicted molar refractivity (Wildman–Crippen MR) is 70.6 cm³/mol. The Bertz CT molecular complexity index is 649. The van der Waals surface area contributed by atoms with Crippen molar-refractivity contribution in [1.29, 1.82) is 0 Å². The average molecular weight is 240 g/mol. The third-order valence-corrected chi connectivity index (χ3v) is 2.60. The Hall–Kier alpha value is -2.56. The maximum absolute atomic E-state index is 5.24. The van der Waals surface area contributed by atoms with Crippen LogP contribution >= 0.6 is 0 Å². The van der Waals surface area contributed by atoms with Gasteiger partial charge in [0.2, 0.25) is 5.95 Å². The molecule has 0 spiro atoms. The van der Waals surface area contributed by atoms with Crippen LogP contribution in [0.1, 0.15) is 12.7 Å². The monoisotopic (exact) mass is 240 g/mol. The van der Waals surface area contributed by atoms with Gasteiger partial charge >= 0.3 is 0 Å². The first-order valence-electron chi connectivity index (χ1n) is 5.62. The molecule has 0 aliphatic rings. The number of para-hydroxylation sites is 2. The minimum atomic E-state index is 0.613. The van der Waals surface area contributed by atoms with Crippen molar-refractivity contribution in [2.75, 3.05) is 5.43 Å². The lowest BCUT2D eigenvalue weighted by molar-refractivity contribution is 0.557. The lowest BCUT2D eigenvalue weighted by atomic mass is 10.3. The molecular formula is C13H12N4O. The van der Waals surface area contributed by atoms with Crippen molar-refractivity contribution in [3.8, 4) is 0 Å². The molecule has 0 bridgehead atoms. The molecule has 0 amide bonds. The molecule has 3 aromatic rings. The fourth-order valence-electron chi connectivity index (χ4n) is 1.68. The number of rotatable bonds is 3. The molecule has 0 fully saturated rings. The number of nitrogens with zero attached hydrogens (tertiary/aromatic N) is 2. The van der Waals surface area contributed by atoms with E-state index in [9.17, 15) is 0 Å². The van der Waals surface area contributed by atoms with Gasteiger partial charge in [-0.05, 0) is 31.2 Å². The molecule has 2 N–H and O–H groups in total. The molecule has 2 aromatic heterocycles. The Labute approximate surface area is 104 Å². The van der Waals surface area contributed by atoms with Crippen LogP contribution in [-0.4, -0.2) is 15.7 Å². The average Bonchev–Trinajstić information content (AvgIpc) is 3.04.